The molecule has 3 heterocycles. The maximum absolute atomic E-state index is 13.1. The average Bonchev–Trinajstić information content (AvgIpc) is 3.02. The highest BCUT2D eigenvalue weighted by Gasteiger charge is 2.46. The highest BCUT2D eigenvalue weighted by molar-refractivity contribution is 7.89. The van der Waals surface area contributed by atoms with Gasteiger partial charge in [0.2, 0.25) is 10.0 Å². The minimum absolute atomic E-state index is 0.0150. The Kier molecular flexibility index (Phi) is 5.58. The lowest BCUT2D eigenvalue weighted by atomic mass is 9.85. The Morgan fingerprint density at radius 3 is 2.70 bits per heavy atom. The molecule has 4 rings (SSSR count). The number of carboxylic acids is 1. The van der Waals surface area contributed by atoms with Gasteiger partial charge >= 0.3 is 5.97 Å². The molecule has 1 aliphatic heterocycles. The van der Waals surface area contributed by atoms with Crippen molar-refractivity contribution < 1.29 is 22.7 Å². The third kappa shape index (κ3) is 3.83. The molecular weight excluding hydrogens is 435 g/mol. The molecule has 0 radical (unpaired) electrons. The van der Waals surface area contributed by atoms with E-state index in [0.29, 0.717) is 36.2 Å². The molecule has 0 spiro atoms. The highest BCUT2D eigenvalue weighted by Crippen LogP contribution is 2.40. The van der Waals surface area contributed by atoms with Crippen LogP contribution in [-0.4, -0.2) is 57.1 Å². The SMILES string of the molecule is C[C@H]1CN(S(=O)(=O)C2CC(C(=O)O)C2)CC[C@H]1c1[nH]c(-c2ccc(F)cn2)nc1Cl. The zero-order valence-corrected chi connectivity index (χ0v) is 17.8. The first-order valence-electron chi connectivity index (χ1n) is 9.76. The summed E-state index contributed by atoms with van der Waals surface area (Å²) in [6.07, 6.45) is 2.01. The molecule has 2 fully saturated rings. The number of aromatic nitrogens is 3. The first kappa shape index (κ1) is 21.2. The standard InChI is InChI=1S/C19H22ClFN4O4S/c1-10-9-25(30(28,29)13-6-11(7-13)19(26)27)5-4-14(10)16-17(20)24-18(23-16)15-3-2-12(21)8-22-15/h2-3,8,10-11,13-14H,4-7,9H2,1H3,(H,23,24)(H,26,27)/t10-,11?,13?,14+/m0/s1. The van der Waals surface area contributed by atoms with Crippen LogP contribution < -0.4 is 0 Å². The van der Waals surface area contributed by atoms with Gasteiger partial charge in [0, 0.05) is 19.0 Å². The number of carbonyl (C=O) groups is 1. The lowest BCUT2D eigenvalue weighted by Crippen LogP contribution is -2.50. The lowest BCUT2D eigenvalue weighted by Gasteiger charge is -2.40. The van der Waals surface area contributed by atoms with Crippen molar-refractivity contribution in [3.8, 4) is 11.5 Å². The Hall–Kier alpha value is -2.04. The molecule has 2 N–H and O–H groups in total. The maximum Gasteiger partial charge on any atom is 0.306 e. The Labute approximate surface area is 178 Å². The van der Waals surface area contributed by atoms with E-state index in [0.717, 1.165) is 11.9 Å². The summed E-state index contributed by atoms with van der Waals surface area (Å²) in [6.45, 7) is 2.63. The van der Waals surface area contributed by atoms with Crippen LogP contribution in [0.15, 0.2) is 18.3 Å². The molecule has 8 nitrogen and oxygen atoms in total. The van der Waals surface area contributed by atoms with Crippen molar-refractivity contribution in [2.75, 3.05) is 13.1 Å². The van der Waals surface area contributed by atoms with Crippen LogP contribution in [0.2, 0.25) is 5.15 Å². The van der Waals surface area contributed by atoms with E-state index in [2.05, 4.69) is 15.0 Å². The van der Waals surface area contributed by atoms with Crippen molar-refractivity contribution in [3.63, 3.8) is 0 Å². The Morgan fingerprint density at radius 1 is 1.37 bits per heavy atom. The Morgan fingerprint density at radius 2 is 2.10 bits per heavy atom. The zero-order valence-electron chi connectivity index (χ0n) is 16.3. The van der Waals surface area contributed by atoms with Crippen LogP contribution in [0.1, 0.15) is 37.8 Å². The van der Waals surface area contributed by atoms with Gasteiger partial charge < -0.3 is 10.1 Å². The van der Waals surface area contributed by atoms with Crippen molar-refractivity contribution in [2.24, 2.45) is 11.8 Å². The third-order valence-corrected chi connectivity index (χ3v) is 8.69. The van der Waals surface area contributed by atoms with E-state index in [1.54, 1.807) is 0 Å². The van der Waals surface area contributed by atoms with Gasteiger partial charge in [0.15, 0.2) is 11.0 Å². The normalized spacial score (nSPS) is 27.6. The number of hydrogen-bond acceptors (Lipinski definition) is 5. The molecule has 0 unspecified atom stereocenters. The highest BCUT2D eigenvalue weighted by atomic mass is 35.5. The first-order chi connectivity index (χ1) is 14.2. The predicted molar refractivity (Wildman–Crippen MR) is 108 cm³/mol. The van der Waals surface area contributed by atoms with Gasteiger partial charge in [-0.1, -0.05) is 18.5 Å². The summed E-state index contributed by atoms with van der Waals surface area (Å²) in [5, 5.41) is 8.68. The quantitative estimate of drug-likeness (QED) is 0.714. The molecule has 0 aromatic carbocycles. The number of nitrogens with zero attached hydrogens (tertiary/aromatic N) is 3. The van der Waals surface area contributed by atoms with Crippen molar-refractivity contribution >= 4 is 27.6 Å². The number of aromatic amines is 1. The van der Waals surface area contributed by atoms with E-state index in [9.17, 15) is 17.6 Å². The first-order valence-corrected chi connectivity index (χ1v) is 11.6. The van der Waals surface area contributed by atoms with E-state index in [1.165, 1.54) is 16.4 Å². The summed E-state index contributed by atoms with van der Waals surface area (Å²) in [6, 6.07) is 2.80. The predicted octanol–water partition coefficient (Wildman–Crippen LogP) is 2.88. The van der Waals surface area contributed by atoms with Crippen LogP contribution >= 0.6 is 11.6 Å². The molecule has 0 amide bonds. The summed E-state index contributed by atoms with van der Waals surface area (Å²) in [4.78, 5) is 22.5. The van der Waals surface area contributed by atoms with Gasteiger partial charge in [-0.15, -0.1) is 0 Å². The number of H-pyrrole nitrogens is 1. The molecule has 2 aromatic rings. The number of hydrogen-bond donors (Lipinski definition) is 2. The zero-order chi connectivity index (χ0) is 21.6. The minimum Gasteiger partial charge on any atom is -0.481 e. The molecule has 2 aromatic heterocycles. The molecule has 11 heteroatoms. The van der Waals surface area contributed by atoms with Crippen LogP contribution in [0.25, 0.3) is 11.5 Å². The van der Waals surface area contributed by atoms with Gasteiger partial charge in [-0.05, 0) is 37.3 Å². The number of pyridine rings is 1. The summed E-state index contributed by atoms with van der Waals surface area (Å²) >= 11 is 6.35. The molecule has 1 saturated heterocycles. The Balaban J connectivity index is 1.46. The van der Waals surface area contributed by atoms with E-state index in [1.807, 2.05) is 6.92 Å². The van der Waals surface area contributed by atoms with Crippen molar-refractivity contribution in [3.05, 3.63) is 35.0 Å². The fourth-order valence-electron chi connectivity index (χ4n) is 4.24. The summed E-state index contributed by atoms with van der Waals surface area (Å²) in [5.74, 6) is -1.54. The van der Waals surface area contributed by atoms with Gasteiger partial charge in [-0.3, -0.25) is 4.79 Å². The molecular formula is C19H22ClFN4O4S. The second-order valence-corrected chi connectivity index (χ2v) is 10.6. The molecule has 1 aliphatic carbocycles. The van der Waals surface area contributed by atoms with Crippen molar-refractivity contribution in [2.45, 2.75) is 37.4 Å². The molecule has 30 heavy (non-hydrogen) atoms. The topological polar surface area (TPSA) is 116 Å². The van der Waals surface area contributed by atoms with Gasteiger partial charge in [0.1, 0.15) is 11.5 Å². The smallest absolute Gasteiger partial charge is 0.306 e. The molecule has 2 aliphatic rings. The minimum atomic E-state index is -3.52. The van der Waals surface area contributed by atoms with Crippen LogP contribution in [0.3, 0.4) is 0 Å². The second kappa shape index (κ2) is 7.90. The number of aliphatic carboxylic acids is 1. The number of nitrogens with one attached hydrogen (secondary N) is 1. The van der Waals surface area contributed by atoms with Gasteiger partial charge in [0.05, 0.1) is 23.1 Å². The van der Waals surface area contributed by atoms with E-state index in [4.69, 9.17) is 16.7 Å². The average molecular weight is 457 g/mol. The lowest BCUT2D eigenvalue weighted by molar-refractivity contribution is -0.144. The molecule has 1 saturated carbocycles. The van der Waals surface area contributed by atoms with Crippen LogP contribution in [0.4, 0.5) is 4.39 Å². The Bertz CT molecular complexity index is 1050. The van der Waals surface area contributed by atoms with Gasteiger partial charge in [-0.2, -0.15) is 0 Å². The third-order valence-electron chi connectivity index (χ3n) is 6.12. The maximum atomic E-state index is 13.1. The van der Waals surface area contributed by atoms with E-state index in [-0.39, 0.29) is 24.7 Å². The monoisotopic (exact) mass is 456 g/mol. The fraction of sp³-hybridized carbons (Fsp3) is 0.526. The van der Waals surface area contributed by atoms with Crippen molar-refractivity contribution in [1.29, 1.82) is 0 Å². The molecule has 2 atom stereocenters. The number of sulfonamides is 1. The van der Waals surface area contributed by atoms with Gasteiger partial charge in [-0.25, -0.2) is 27.1 Å². The van der Waals surface area contributed by atoms with Crippen LogP contribution in [0.5, 0.6) is 0 Å². The van der Waals surface area contributed by atoms with E-state index >= 15 is 0 Å². The summed E-state index contributed by atoms with van der Waals surface area (Å²) in [7, 11) is -3.52. The van der Waals surface area contributed by atoms with Crippen molar-refractivity contribution in [1.82, 2.24) is 19.3 Å². The number of piperidine rings is 1. The largest absolute Gasteiger partial charge is 0.481 e. The second-order valence-electron chi connectivity index (χ2n) is 8.06. The van der Waals surface area contributed by atoms with E-state index < -0.39 is 33.0 Å². The number of carboxylic acid groups (broad SMARTS) is 1. The fourth-order valence-corrected chi connectivity index (χ4v) is 6.68. The van der Waals surface area contributed by atoms with Crippen LogP contribution in [0, 0.1) is 17.7 Å². The van der Waals surface area contributed by atoms with Gasteiger partial charge in [0.25, 0.3) is 0 Å². The molecule has 162 valence electrons. The number of imidazole rings is 1. The molecule has 0 bridgehead atoms. The van der Waals surface area contributed by atoms with Crippen LogP contribution in [-0.2, 0) is 14.8 Å². The summed E-state index contributed by atoms with van der Waals surface area (Å²) in [5.41, 5.74) is 1.19. The number of rotatable bonds is 5. The number of halogens is 2. The summed E-state index contributed by atoms with van der Waals surface area (Å²) < 4.78 is 40.3.